The Morgan fingerprint density at radius 1 is 1.35 bits per heavy atom. The molecule has 2 heterocycles. The maximum absolute atomic E-state index is 12.7. The average molecular weight is 314 g/mol. The van der Waals surface area contributed by atoms with Crippen molar-refractivity contribution in [3.05, 3.63) is 17.0 Å². The molecule has 1 aliphatic carbocycles. The number of nitrogens with zero attached hydrogens (tertiary/aromatic N) is 1. The Hall–Kier alpha value is -0.430. The van der Waals surface area contributed by atoms with Gasteiger partial charge in [-0.3, -0.25) is 0 Å². The van der Waals surface area contributed by atoms with Crippen molar-refractivity contribution in [2.45, 2.75) is 42.9 Å². The van der Waals surface area contributed by atoms with Gasteiger partial charge in [-0.2, -0.15) is 4.31 Å². The lowest BCUT2D eigenvalue weighted by atomic mass is 9.78. The van der Waals surface area contributed by atoms with E-state index < -0.39 is 10.0 Å². The van der Waals surface area contributed by atoms with Crippen molar-refractivity contribution in [3.63, 3.8) is 0 Å². The summed E-state index contributed by atoms with van der Waals surface area (Å²) in [5, 5.41) is 0. The van der Waals surface area contributed by atoms with Crippen LogP contribution in [0.5, 0.6) is 0 Å². The first-order valence-electron chi connectivity index (χ1n) is 7.37. The van der Waals surface area contributed by atoms with E-state index in [1.165, 1.54) is 11.3 Å². The molecular formula is C14H22N2O2S2. The Morgan fingerprint density at radius 2 is 2.15 bits per heavy atom. The monoisotopic (exact) mass is 314 g/mol. The Bertz CT molecular complexity index is 582. The molecule has 20 heavy (non-hydrogen) atoms. The number of sulfonamides is 1. The molecular weight excluding hydrogens is 292 g/mol. The predicted molar refractivity (Wildman–Crippen MR) is 81.3 cm³/mol. The van der Waals surface area contributed by atoms with Gasteiger partial charge in [0.25, 0.3) is 10.0 Å². The number of aryl methyl sites for hydroxylation is 1. The highest BCUT2D eigenvalue weighted by atomic mass is 32.2. The largest absolute Gasteiger partial charge is 0.327 e. The second-order valence-electron chi connectivity index (χ2n) is 5.92. The van der Waals surface area contributed by atoms with Gasteiger partial charge < -0.3 is 5.73 Å². The fourth-order valence-electron chi connectivity index (χ4n) is 3.49. The minimum atomic E-state index is -3.31. The standard InChI is InChI=1S/C14H22N2O2S2/c1-2-11-6-7-14(19-11)20(17,18)16-8-10-4-3-5-13(15)12(10)9-16/h6-7,10,12-13H,2-5,8-9,15H2,1H3. The summed E-state index contributed by atoms with van der Waals surface area (Å²) in [6.07, 6.45) is 4.18. The third kappa shape index (κ3) is 2.43. The zero-order valence-corrected chi connectivity index (χ0v) is 13.4. The highest BCUT2D eigenvalue weighted by molar-refractivity contribution is 7.91. The summed E-state index contributed by atoms with van der Waals surface area (Å²) >= 11 is 1.40. The van der Waals surface area contributed by atoms with Crippen LogP contribution in [-0.4, -0.2) is 31.9 Å². The fraction of sp³-hybridized carbons (Fsp3) is 0.714. The Kier molecular flexibility index (Phi) is 3.92. The molecule has 0 radical (unpaired) electrons. The van der Waals surface area contributed by atoms with Gasteiger partial charge in [0, 0.05) is 24.0 Å². The minimum absolute atomic E-state index is 0.170. The molecule has 0 amide bonds. The Labute approximate surface area is 125 Å². The lowest BCUT2D eigenvalue weighted by molar-refractivity contribution is 0.260. The summed E-state index contributed by atoms with van der Waals surface area (Å²) in [6.45, 7) is 3.30. The molecule has 0 bridgehead atoms. The number of hydrogen-bond donors (Lipinski definition) is 1. The molecule has 3 rings (SSSR count). The first-order valence-corrected chi connectivity index (χ1v) is 9.62. The zero-order valence-electron chi connectivity index (χ0n) is 11.8. The molecule has 1 aromatic heterocycles. The molecule has 3 unspecified atom stereocenters. The summed E-state index contributed by atoms with van der Waals surface area (Å²) in [5.74, 6) is 0.809. The number of rotatable bonds is 3. The minimum Gasteiger partial charge on any atom is -0.327 e. The molecule has 0 spiro atoms. The molecule has 2 aliphatic rings. The van der Waals surface area contributed by atoms with Crippen LogP contribution in [0.2, 0.25) is 0 Å². The van der Waals surface area contributed by atoms with Crippen LogP contribution >= 0.6 is 11.3 Å². The van der Waals surface area contributed by atoms with Crippen molar-refractivity contribution in [3.8, 4) is 0 Å². The highest BCUT2D eigenvalue weighted by Gasteiger charge is 2.43. The van der Waals surface area contributed by atoms with E-state index in [2.05, 4.69) is 0 Å². The predicted octanol–water partition coefficient (Wildman–Crippen LogP) is 2.06. The zero-order chi connectivity index (χ0) is 14.3. The summed E-state index contributed by atoms with van der Waals surface area (Å²) in [5.41, 5.74) is 6.17. The third-order valence-electron chi connectivity index (χ3n) is 4.70. The van der Waals surface area contributed by atoms with E-state index in [1.54, 1.807) is 10.4 Å². The summed E-state index contributed by atoms with van der Waals surface area (Å²) in [6, 6.07) is 3.84. The Morgan fingerprint density at radius 3 is 2.80 bits per heavy atom. The van der Waals surface area contributed by atoms with Crippen LogP contribution in [0.3, 0.4) is 0 Å². The van der Waals surface area contributed by atoms with Gasteiger partial charge in [0.05, 0.1) is 0 Å². The molecule has 1 saturated carbocycles. The van der Waals surface area contributed by atoms with E-state index in [9.17, 15) is 8.42 Å². The van der Waals surface area contributed by atoms with Gasteiger partial charge in [-0.15, -0.1) is 11.3 Å². The van der Waals surface area contributed by atoms with Gasteiger partial charge in [-0.05, 0) is 43.2 Å². The molecule has 0 aromatic carbocycles. The highest BCUT2D eigenvalue weighted by Crippen LogP contribution is 2.38. The van der Waals surface area contributed by atoms with Crippen LogP contribution in [0.15, 0.2) is 16.3 Å². The van der Waals surface area contributed by atoms with Gasteiger partial charge in [-0.1, -0.05) is 13.3 Å². The Balaban J connectivity index is 1.82. The molecule has 1 aromatic rings. The third-order valence-corrected chi connectivity index (χ3v) is 8.23. The average Bonchev–Trinajstić information content (AvgIpc) is 3.06. The first-order chi connectivity index (χ1) is 9.52. The van der Waals surface area contributed by atoms with Gasteiger partial charge in [0.2, 0.25) is 0 Å². The molecule has 1 aliphatic heterocycles. The number of nitrogens with two attached hydrogens (primary N) is 1. The summed E-state index contributed by atoms with van der Waals surface area (Å²) in [7, 11) is -3.31. The first kappa shape index (κ1) is 14.5. The molecule has 6 heteroatoms. The molecule has 112 valence electrons. The van der Waals surface area contributed by atoms with E-state index in [-0.39, 0.29) is 6.04 Å². The molecule has 2 fully saturated rings. The van der Waals surface area contributed by atoms with E-state index in [4.69, 9.17) is 5.73 Å². The number of fused-ring (bicyclic) bond motifs is 1. The topological polar surface area (TPSA) is 63.4 Å². The van der Waals surface area contributed by atoms with Gasteiger partial charge >= 0.3 is 0 Å². The van der Waals surface area contributed by atoms with Crippen LogP contribution in [0.4, 0.5) is 0 Å². The second-order valence-corrected chi connectivity index (χ2v) is 9.25. The smallest absolute Gasteiger partial charge is 0.252 e. The fourth-order valence-corrected chi connectivity index (χ4v) is 6.47. The van der Waals surface area contributed by atoms with Gasteiger partial charge in [0.15, 0.2) is 0 Å². The van der Waals surface area contributed by atoms with Crippen molar-refractivity contribution < 1.29 is 8.42 Å². The lowest BCUT2D eigenvalue weighted by Gasteiger charge is -2.29. The summed E-state index contributed by atoms with van der Waals surface area (Å²) < 4.78 is 27.6. The van der Waals surface area contributed by atoms with Crippen LogP contribution in [-0.2, 0) is 16.4 Å². The van der Waals surface area contributed by atoms with E-state index in [1.807, 2.05) is 13.0 Å². The number of thiophene rings is 1. The van der Waals surface area contributed by atoms with Crippen molar-refractivity contribution in [1.29, 1.82) is 0 Å². The van der Waals surface area contributed by atoms with Gasteiger partial charge in [0.1, 0.15) is 4.21 Å². The second kappa shape index (κ2) is 5.40. The van der Waals surface area contributed by atoms with Crippen LogP contribution in [0, 0.1) is 11.8 Å². The van der Waals surface area contributed by atoms with Crippen molar-refractivity contribution in [2.24, 2.45) is 17.6 Å². The van der Waals surface area contributed by atoms with E-state index in [0.717, 1.165) is 30.6 Å². The van der Waals surface area contributed by atoms with Crippen molar-refractivity contribution >= 4 is 21.4 Å². The van der Waals surface area contributed by atoms with Crippen LogP contribution in [0.1, 0.15) is 31.1 Å². The van der Waals surface area contributed by atoms with Crippen LogP contribution < -0.4 is 5.73 Å². The SMILES string of the molecule is CCc1ccc(S(=O)(=O)N2CC3CCCC(N)C3C2)s1. The van der Waals surface area contributed by atoms with E-state index in [0.29, 0.717) is 29.1 Å². The lowest BCUT2D eigenvalue weighted by Crippen LogP contribution is -2.38. The maximum atomic E-state index is 12.7. The molecule has 1 saturated heterocycles. The molecule has 4 nitrogen and oxygen atoms in total. The number of hydrogen-bond acceptors (Lipinski definition) is 4. The van der Waals surface area contributed by atoms with Gasteiger partial charge in [-0.25, -0.2) is 8.42 Å². The quantitative estimate of drug-likeness (QED) is 0.929. The molecule has 2 N–H and O–H groups in total. The summed E-state index contributed by atoms with van der Waals surface area (Å²) in [4.78, 5) is 1.12. The van der Waals surface area contributed by atoms with E-state index >= 15 is 0 Å². The molecule has 3 atom stereocenters. The van der Waals surface area contributed by atoms with Crippen LogP contribution in [0.25, 0.3) is 0 Å². The normalized spacial score (nSPS) is 31.4. The maximum Gasteiger partial charge on any atom is 0.252 e. The van der Waals surface area contributed by atoms with Crippen molar-refractivity contribution in [2.75, 3.05) is 13.1 Å². The van der Waals surface area contributed by atoms with Crippen molar-refractivity contribution in [1.82, 2.24) is 4.31 Å².